The molecule has 0 aromatic rings. The molecule has 0 bridgehead atoms. The Hall–Kier alpha value is -0.610. The predicted octanol–water partition coefficient (Wildman–Crippen LogP) is 1.35. The molecule has 1 saturated heterocycles. The van der Waals surface area contributed by atoms with Crippen molar-refractivity contribution in [3.8, 4) is 0 Å². The Balaban J connectivity index is 1.82. The van der Waals surface area contributed by atoms with Gasteiger partial charge in [0.2, 0.25) is 5.91 Å². The van der Waals surface area contributed by atoms with Gasteiger partial charge in [-0.05, 0) is 51.6 Å². The van der Waals surface area contributed by atoms with Crippen LogP contribution in [0.25, 0.3) is 0 Å². The Kier molecular flexibility index (Phi) is 4.85. The van der Waals surface area contributed by atoms with E-state index in [4.69, 9.17) is 5.73 Å². The lowest BCUT2D eigenvalue weighted by atomic mass is 9.75. The van der Waals surface area contributed by atoms with Crippen molar-refractivity contribution >= 4 is 5.91 Å². The quantitative estimate of drug-likeness (QED) is 0.790. The molecule has 4 nitrogen and oxygen atoms in total. The van der Waals surface area contributed by atoms with E-state index >= 15 is 0 Å². The largest absolute Gasteiger partial charge is 0.368 e. The molecule has 1 amide bonds. The molecule has 3 atom stereocenters. The molecule has 2 rings (SSSR count). The number of piperidine rings is 1. The van der Waals surface area contributed by atoms with Crippen LogP contribution in [0.5, 0.6) is 0 Å². The summed E-state index contributed by atoms with van der Waals surface area (Å²) in [6.07, 6.45) is 7.83. The van der Waals surface area contributed by atoms with Crippen LogP contribution in [-0.2, 0) is 4.79 Å². The number of fused-ring (bicyclic) bond motifs is 1. The lowest BCUT2D eigenvalue weighted by Gasteiger charge is -2.42. The van der Waals surface area contributed by atoms with Crippen LogP contribution in [0.3, 0.4) is 0 Å². The van der Waals surface area contributed by atoms with Crippen molar-refractivity contribution in [2.75, 3.05) is 26.7 Å². The summed E-state index contributed by atoms with van der Waals surface area (Å²) in [5.74, 6) is 1.62. The molecule has 0 radical (unpaired) electrons. The fourth-order valence-electron chi connectivity index (χ4n) is 3.63. The first-order valence-electron chi connectivity index (χ1n) is 7.76. The standard InChI is InChI=1S/C15H29N3O/c1-15(17-2,14(16)19)8-10-18-9-7-12-5-3-4-6-13(12)11-18/h12-13,17H,3-11H2,1-2H3,(H2,16,19). The van der Waals surface area contributed by atoms with E-state index in [1.807, 2.05) is 14.0 Å². The van der Waals surface area contributed by atoms with Crippen LogP contribution in [-0.4, -0.2) is 43.0 Å². The second kappa shape index (κ2) is 6.23. The molecule has 1 aliphatic heterocycles. The normalized spacial score (nSPS) is 31.5. The first-order chi connectivity index (χ1) is 9.05. The van der Waals surface area contributed by atoms with E-state index in [1.165, 1.54) is 45.2 Å². The van der Waals surface area contributed by atoms with Crippen LogP contribution in [0.15, 0.2) is 0 Å². The van der Waals surface area contributed by atoms with Crippen LogP contribution in [0, 0.1) is 11.8 Å². The van der Waals surface area contributed by atoms with Gasteiger partial charge in [0.05, 0.1) is 5.54 Å². The molecule has 0 aromatic heterocycles. The molecule has 1 heterocycles. The fraction of sp³-hybridized carbons (Fsp3) is 0.933. The molecular formula is C15H29N3O. The third-order valence-electron chi connectivity index (χ3n) is 5.40. The number of hydrogen-bond acceptors (Lipinski definition) is 3. The molecule has 2 aliphatic rings. The lowest BCUT2D eigenvalue weighted by molar-refractivity contribution is -0.124. The van der Waals surface area contributed by atoms with Crippen molar-refractivity contribution in [3.63, 3.8) is 0 Å². The number of nitrogens with zero attached hydrogens (tertiary/aromatic N) is 1. The summed E-state index contributed by atoms with van der Waals surface area (Å²) in [4.78, 5) is 14.0. The monoisotopic (exact) mass is 267 g/mol. The lowest BCUT2D eigenvalue weighted by Crippen LogP contribution is -2.54. The summed E-state index contributed by atoms with van der Waals surface area (Å²) < 4.78 is 0. The number of carbonyl (C=O) groups is 1. The maximum Gasteiger partial charge on any atom is 0.237 e. The summed E-state index contributed by atoms with van der Waals surface area (Å²) >= 11 is 0. The van der Waals surface area contributed by atoms with Gasteiger partial charge in [-0.2, -0.15) is 0 Å². The van der Waals surface area contributed by atoms with Crippen molar-refractivity contribution in [1.82, 2.24) is 10.2 Å². The molecule has 2 fully saturated rings. The van der Waals surface area contributed by atoms with Gasteiger partial charge in [-0.25, -0.2) is 0 Å². The molecule has 1 aliphatic carbocycles. The van der Waals surface area contributed by atoms with Crippen molar-refractivity contribution in [1.29, 1.82) is 0 Å². The Morgan fingerprint density at radius 3 is 2.63 bits per heavy atom. The predicted molar refractivity (Wildman–Crippen MR) is 77.8 cm³/mol. The second-order valence-corrected chi connectivity index (χ2v) is 6.59. The van der Waals surface area contributed by atoms with Crippen LogP contribution in [0.2, 0.25) is 0 Å². The van der Waals surface area contributed by atoms with Gasteiger partial charge in [0.25, 0.3) is 0 Å². The summed E-state index contributed by atoms with van der Waals surface area (Å²) in [7, 11) is 1.82. The van der Waals surface area contributed by atoms with Crippen molar-refractivity contribution in [3.05, 3.63) is 0 Å². The molecule has 4 heteroatoms. The smallest absolute Gasteiger partial charge is 0.237 e. The second-order valence-electron chi connectivity index (χ2n) is 6.59. The molecule has 0 spiro atoms. The van der Waals surface area contributed by atoms with Crippen LogP contribution in [0.4, 0.5) is 0 Å². The minimum Gasteiger partial charge on any atom is -0.368 e. The number of nitrogens with two attached hydrogens (primary N) is 1. The molecule has 19 heavy (non-hydrogen) atoms. The highest BCUT2D eigenvalue weighted by Gasteiger charge is 2.33. The number of rotatable bonds is 5. The van der Waals surface area contributed by atoms with Crippen LogP contribution < -0.4 is 11.1 Å². The van der Waals surface area contributed by atoms with E-state index in [2.05, 4.69) is 10.2 Å². The Morgan fingerprint density at radius 2 is 2.00 bits per heavy atom. The average molecular weight is 267 g/mol. The van der Waals surface area contributed by atoms with E-state index in [1.54, 1.807) is 0 Å². The molecule has 1 saturated carbocycles. The van der Waals surface area contributed by atoms with Crippen LogP contribution >= 0.6 is 0 Å². The summed E-state index contributed by atoms with van der Waals surface area (Å²) in [6.45, 7) is 5.30. The number of amides is 1. The molecular weight excluding hydrogens is 238 g/mol. The Bertz CT molecular complexity index is 321. The number of carbonyl (C=O) groups excluding carboxylic acids is 1. The Morgan fingerprint density at radius 1 is 1.32 bits per heavy atom. The number of hydrogen-bond donors (Lipinski definition) is 2. The molecule has 3 N–H and O–H groups in total. The van der Waals surface area contributed by atoms with E-state index in [0.29, 0.717) is 0 Å². The molecule has 0 aromatic carbocycles. The zero-order valence-corrected chi connectivity index (χ0v) is 12.5. The summed E-state index contributed by atoms with van der Waals surface area (Å²) in [5.41, 5.74) is 4.92. The minimum absolute atomic E-state index is 0.248. The zero-order valence-electron chi connectivity index (χ0n) is 12.5. The number of likely N-dealkylation sites (tertiary alicyclic amines) is 1. The van der Waals surface area contributed by atoms with E-state index in [0.717, 1.165) is 24.8 Å². The van der Waals surface area contributed by atoms with Gasteiger partial charge in [-0.15, -0.1) is 0 Å². The van der Waals surface area contributed by atoms with E-state index < -0.39 is 5.54 Å². The van der Waals surface area contributed by atoms with Gasteiger partial charge in [0, 0.05) is 13.1 Å². The van der Waals surface area contributed by atoms with Gasteiger partial charge in [0.15, 0.2) is 0 Å². The Labute approximate surface area is 117 Å². The van der Waals surface area contributed by atoms with E-state index in [-0.39, 0.29) is 5.91 Å². The van der Waals surface area contributed by atoms with Gasteiger partial charge in [-0.1, -0.05) is 19.3 Å². The maximum absolute atomic E-state index is 11.5. The summed E-state index contributed by atoms with van der Waals surface area (Å²) in [6, 6.07) is 0. The first kappa shape index (κ1) is 14.8. The third-order valence-corrected chi connectivity index (χ3v) is 5.40. The highest BCUT2D eigenvalue weighted by atomic mass is 16.1. The van der Waals surface area contributed by atoms with Gasteiger partial charge >= 0.3 is 0 Å². The SMILES string of the molecule is CNC(C)(CCN1CCC2CCCCC2C1)C(N)=O. The number of primary amides is 1. The molecule has 110 valence electrons. The van der Waals surface area contributed by atoms with Crippen molar-refractivity contribution in [2.24, 2.45) is 17.6 Å². The van der Waals surface area contributed by atoms with Gasteiger partial charge in [0.1, 0.15) is 0 Å². The number of nitrogens with one attached hydrogen (secondary N) is 1. The maximum atomic E-state index is 11.5. The first-order valence-corrected chi connectivity index (χ1v) is 7.76. The minimum atomic E-state index is -0.566. The fourth-order valence-corrected chi connectivity index (χ4v) is 3.63. The number of likely N-dealkylation sites (N-methyl/N-ethyl adjacent to an activating group) is 1. The van der Waals surface area contributed by atoms with Gasteiger partial charge < -0.3 is 16.0 Å². The topological polar surface area (TPSA) is 58.4 Å². The van der Waals surface area contributed by atoms with E-state index in [9.17, 15) is 4.79 Å². The highest BCUT2D eigenvalue weighted by molar-refractivity contribution is 5.84. The average Bonchev–Trinajstić information content (AvgIpc) is 2.44. The zero-order chi connectivity index (χ0) is 13.9. The summed E-state index contributed by atoms with van der Waals surface area (Å²) in [5, 5.41) is 3.07. The highest BCUT2D eigenvalue weighted by Crippen LogP contribution is 2.36. The third kappa shape index (κ3) is 3.48. The van der Waals surface area contributed by atoms with Gasteiger partial charge in [-0.3, -0.25) is 4.79 Å². The van der Waals surface area contributed by atoms with Crippen molar-refractivity contribution in [2.45, 2.75) is 51.0 Å². The van der Waals surface area contributed by atoms with Crippen LogP contribution in [0.1, 0.15) is 45.4 Å². The van der Waals surface area contributed by atoms with Crippen molar-refractivity contribution < 1.29 is 4.79 Å². The molecule has 3 unspecified atom stereocenters.